The Balaban J connectivity index is 2.13. The smallest absolute Gasteiger partial charge is 0.272 e. The van der Waals surface area contributed by atoms with E-state index < -0.39 is 13.0 Å². The van der Waals surface area contributed by atoms with Gasteiger partial charge in [0, 0.05) is 31.4 Å². The van der Waals surface area contributed by atoms with Gasteiger partial charge in [-0.25, -0.2) is 8.78 Å². The highest BCUT2D eigenvalue weighted by Crippen LogP contribution is 2.27. The molecule has 0 aliphatic heterocycles. The summed E-state index contributed by atoms with van der Waals surface area (Å²) >= 11 is 0. The molecule has 8 heteroatoms. The van der Waals surface area contributed by atoms with Crippen LogP contribution in [0.5, 0.6) is 5.75 Å². The van der Waals surface area contributed by atoms with Gasteiger partial charge in [-0.05, 0) is 49.2 Å². The number of hydrogen-bond donors (Lipinski definition) is 1. The molecule has 0 saturated carbocycles. The number of pyridine rings is 1. The van der Waals surface area contributed by atoms with Crippen LogP contribution in [0.4, 0.5) is 8.78 Å². The van der Waals surface area contributed by atoms with Crippen molar-refractivity contribution in [3.8, 4) is 5.75 Å². The second kappa shape index (κ2) is 11.4. The van der Waals surface area contributed by atoms with Gasteiger partial charge in [-0.15, -0.1) is 0 Å². The Bertz CT molecular complexity index is 876. The Morgan fingerprint density at radius 2 is 1.94 bits per heavy atom. The molecule has 0 bridgehead atoms. The molecular formula is C23H29F2N3O3. The summed E-state index contributed by atoms with van der Waals surface area (Å²) in [5.41, 5.74) is 2.06. The number of alkyl halides is 2. The lowest BCUT2D eigenvalue weighted by atomic mass is 10.0. The van der Waals surface area contributed by atoms with E-state index in [0.717, 1.165) is 11.1 Å². The fourth-order valence-electron chi connectivity index (χ4n) is 3.16. The molecule has 2 amide bonds. The van der Waals surface area contributed by atoms with Crippen molar-refractivity contribution in [3.63, 3.8) is 0 Å². The summed E-state index contributed by atoms with van der Waals surface area (Å²) in [6.45, 7) is 7.20. The lowest BCUT2D eigenvalue weighted by Gasteiger charge is -2.31. The number of benzene rings is 1. The zero-order chi connectivity index (χ0) is 23.0. The molecule has 0 saturated heterocycles. The third-order valence-electron chi connectivity index (χ3n) is 4.74. The SMILES string of the molecule is Cc1cc(OCC(F)F)cc(C(C)N(CCNC(=O)c2cccnc2)C(=O)C(C)C)c1. The van der Waals surface area contributed by atoms with Crippen LogP contribution in [0, 0.1) is 12.8 Å². The summed E-state index contributed by atoms with van der Waals surface area (Å²) in [7, 11) is 0. The molecule has 1 N–H and O–H groups in total. The van der Waals surface area contributed by atoms with Crippen LogP contribution in [0.2, 0.25) is 0 Å². The summed E-state index contributed by atoms with van der Waals surface area (Å²) in [4.78, 5) is 30.7. The standard InChI is InChI=1S/C23H29F2N3O3/c1-15(2)23(30)28(9-8-27-22(29)18-6-5-7-26-13-18)17(4)19-10-16(3)11-20(12-19)31-14-21(24)25/h5-7,10-13,15,17,21H,8-9,14H2,1-4H3,(H,27,29). The van der Waals surface area contributed by atoms with E-state index in [-0.39, 0.29) is 30.3 Å². The first-order valence-corrected chi connectivity index (χ1v) is 10.2. The van der Waals surface area contributed by atoms with Crippen molar-refractivity contribution in [2.24, 2.45) is 5.92 Å². The molecule has 6 nitrogen and oxygen atoms in total. The van der Waals surface area contributed by atoms with Gasteiger partial charge in [0.25, 0.3) is 12.3 Å². The van der Waals surface area contributed by atoms with Crippen LogP contribution in [0.1, 0.15) is 48.3 Å². The highest BCUT2D eigenvalue weighted by molar-refractivity contribution is 5.93. The van der Waals surface area contributed by atoms with E-state index in [1.807, 2.05) is 33.8 Å². The average molecular weight is 433 g/mol. The minimum Gasteiger partial charge on any atom is -0.488 e. The van der Waals surface area contributed by atoms with E-state index in [4.69, 9.17) is 4.74 Å². The van der Waals surface area contributed by atoms with Gasteiger partial charge in [0.05, 0.1) is 11.6 Å². The molecule has 1 atom stereocenters. The topological polar surface area (TPSA) is 71.5 Å². The predicted octanol–water partition coefficient (Wildman–Crippen LogP) is 4.01. The maximum atomic E-state index is 12.9. The number of aryl methyl sites for hydroxylation is 1. The fraction of sp³-hybridized carbons (Fsp3) is 0.435. The van der Waals surface area contributed by atoms with E-state index >= 15 is 0 Å². The Hall–Kier alpha value is -3.03. The van der Waals surface area contributed by atoms with Crippen LogP contribution in [0.3, 0.4) is 0 Å². The predicted molar refractivity (Wildman–Crippen MR) is 114 cm³/mol. The summed E-state index contributed by atoms with van der Waals surface area (Å²) in [6, 6.07) is 8.26. The summed E-state index contributed by atoms with van der Waals surface area (Å²) in [6.07, 6.45) is 0.495. The van der Waals surface area contributed by atoms with E-state index in [0.29, 0.717) is 17.9 Å². The van der Waals surface area contributed by atoms with Crippen LogP contribution in [-0.4, -0.2) is 47.8 Å². The van der Waals surface area contributed by atoms with Gasteiger partial charge < -0.3 is 15.0 Å². The number of nitrogens with zero attached hydrogens (tertiary/aromatic N) is 2. The van der Waals surface area contributed by atoms with Gasteiger partial charge in [0.2, 0.25) is 5.91 Å². The molecule has 0 aliphatic rings. The van der Waals surface area contributed by atoms with Crippen LogP contribution < -0.4 is 10.1 Å². The third kappa shape index (κ3) is 7.31. The van der Waals surface area contributed by atoms with Crippen molar-refractivity contribution in [2.75, 3.05) is 19.7 Å². The van der Waals surface area contributed by atoms with Crippen molar-refractivity contribution in [1.82, 2.24) is 15.2 Å². The summed E-state index contributed by atoms with van der Waals surface area (Å²) in [5, 5.41) is 2.80. The zero-order valence-corrected chi connectivity index (χ0v) is 18.3. The Labute approximate surface area is 181 Å². The number of halogens is 2. The Kier molecular flexibility index (Phi) is 8.90. The molecule has 1 unspecified atom stereocenters. The van der Waals surface area contributed by atoms with E-state index in [1.165, 1.54) is 6.20 Å². The quantitative estimate of drug-likeness (QED) is 0.615. The van der Waals surface area contributed by atoms with Gasteiger partial charge in [-0.1, -0.05) is 19.9 Å². The van der Waals surface area contributed by atoms with Gasteiger partial charge >= 0.3 is 0 Å². The molecule has 0 spiro atoms. The van der Waals surface area contributed by atoms with Crippen LogP contribution in [0.25, 0.3) is 0 Å². The number of hydrogen-bond acceptors (Lipinski definition) is 4. The maximum Gasteiger partial charge on any atom is 0.272 e. The summed E-state index contributed by atoms with van der Waals surface area (Å²) in [5.74, 6) is -0.240. The lowest BCUT2D eigenvalue weighted by Crippen LogP contribution is -2.42. The van der Waals surface area contributed by atoms with Crippen LogP contribution >= 0.6 is 0 Å². The first-order chi connectivity index (χ1) is 14.7. The number of aromatic nitrogens is 1. The molecule has 0 aliphatic carbocycles. The average Bonchev–Trinajstić information content (AvgIpc) is 2.74. The first-order valence-electron chi connectivity index (χ1n) is 10.2. The monoisotopic (exact) mass is 433 g/mol. The zero-order valence-electron chi connectivity index (χ0n) is 18.3. The maximum absolute atomic E-state index is 12.9. The number of carbonyl (C=O) groups excluding carboxylic acids is 2. The van der Waals surface area contributed by atoms with Crippen molar-refractivity contribution in [1.29, 1.82) is 0 Å². The number of amides is 2. The molecule has 1 aromatic heterocycles. The highest BCUT2D eigenvalue weighted by Gasteiger charge is 2.24. The van der Waals surface area contributed by atoms with E-state index in [1.54, 1.807) is 35.4 Å². The minimum absolute atomic E-state index is 0.0697. The molecule has 168 valence electrons. The number of carbonyl (C=O) groups is 2. The van der Waals surface area contributed by atoms with Crippen molar-refractivity contribution < 1.29 is 23.1 Å². The van der Waals surface area contributed by atoms with Crippen LogP contribution in [-0.2, 0) is 4.79 Å². The van der Waals surface area contributed by atoms with E-state index in [2.05, 4.69) is 10.3 Å². The van der Waals surface area contributed by atoms with Gasteiger partial charge in [-0.3, -0.25) is 14.6 Å². The Morgan fingerprint density at radius 3 is 2.55 bits per heavy atom. The Morgan fingerprint density at radius 1 is 1.19 bits per heavy atom. The van der Waals surface area contributed by atoms with Crippen molar-refractivity contribution >= 4 is 11.8 Å². The summed E-state index contributed by atoms with van der Waals surface area (Å²) < 4.78 is 30.2. The highest BCUT2D eigenvalue weighted by atomic mass is 19.3. The molecule has 0 radical (unpaired) electrons. The molecule has 0 fully saturated rings. The molecular weight excluding hydrogens is 404 g/mol. The normalized spacial score (nSPS) is 12.0. The van der Waals surface area contributed by atoms with Gasteiger partial charge in [0.15, 0.2) is 0 Å². The van der Waals surface area contributed by atoms with Crippen LogP contribution in [0.15, 0.2) is 42.7 Å². The number of nitrogens with one attached hydrogen (secondary N) is 1. The van der Waals surface area contributed by atoms with Crippen molar-refractivity contribution in [2.45, 2.75) is 40.2 Å². The lowest BCUT2D eigenvalue weighted by molar-refractivity contribution is -0.136. The fourth-order valence-corrected chi connectivity index (χ4v) is 3.16. The molecule has 1 aromatic carbocycles. The second-order valence-electron chi connectivity index (χ2n) is 7.64. The molecule has 2 aromatic rings. The van der Waals surface area contributed by atoms with Gasteiger partial charge in [0.1, 0.15) is 12.4 Å². The van der Waals surface area contributed by atoms with Crippen molar-refractivity contribution in [3.05, 3.63) is 59.4 Å². The molecule has 2 rings (SSSR count). The number of ether oxygens (including phenoxy) is 1. The first kappa shape index (κ1) is 24.2. The van der Waals surface area contributed by atoms with E-state index in [9.17, 15) is 18.4 Å². The minimum atomic E-state index is -2.57. The molecule has 1 heterocycles. The second-order valence-corrected chi connectivity index (χ2v) is 7.64. The van der Waals surface area contributed by atoms with Gasteiger partial charge in [-0.2, -0.15) is 0 Å². The number of rotatable bonds is 10. The molecule has 31 heavy (non-hydrogen) atoms. The largest absolute Gasteiger partial charge is 0.488 e. The third-order valence-corrected chi connectivity index (χ3v) is 4.74.